The van der Waals surface area contributed by atoms with Gasteiger partial charge in [-0.15, -0.1) is 0 Å². The van der Waals surface area contributed by atoms with Crippen LogP contribution in [-0.4, -0.2) is 78.9 Å². The van der Waals surface area contributed by atoms with E-state index in [1.165, 1.54) is 12.8 Å². The Morgan fingerprint density at radius 3 is 2.41 bits per heavy atom. The van der Waals surface area contributed by atoms with Gasteiger partial charge in [0.2, 0.25) is 5.91 Å². The van der Waals surface area contributed by atoms with E-state index in [-0.39, 0.29) is 11.8 Å². The van der Waals surface area contributed by atoms with Crippen molar-refractivity contribution in [2.24, 2.45) is 0 Å². The van der Waals surface area contributed by atoms with Crippen LogP contribution in [0, 0.1) is 0 Å². The second-order valence-electron chi connectivity index (χ2n) is 8.46. The lowest BCUT2D eigenvalue weighted by molar-refractivity contribution is -0.132. The Hall–Kier alpha value is -2.54. The lowest BCUT2D eigenvalue weighted by Crippen LogP contribution is -2.51. The molecule has 156 valence electrons. The van der Waals surface area contributed by atoms with Gasteiger partial charge in [-0.1, -0.05) is 12.8 Å². The SMILES string of the molecule is CN(C)CC(=O)N1CCN(c2ccc3ccc(C(=O)NC4CCCC4)cn23)CC1. The van der Waals surface area contributed by atoms with Crippen LogP contribution in [0.1, 0.15) is 36.0 Å². The van der Waals surface area contributed by atoms with Gasteiger partial charge < -0.3 is 24.4 Å². The Balaban J connectivity index is 1.45. The molecule has 0 atom stereocenters. The van der Waals surface area contributed by atoms with Gasteiger partial charge in [0.25, 0.3) is 5.91 Å². The van der Waals surface area contributed by atoms with Crippen molar-refractivity contribution < 1.29 is 9.59 Å². The molecule has 0 radical (unpaired) electrons. The highest BCUT2D eigenvalue weighted by atomic mass is 16.2. The van der Waals surface area contributed by atoms with Crippen molar-refractivity contribution in [3.8, 4) is 0 Å². The number of likely N-dealkylation sites (N-methyl/N-ethyl adjacent to an activating group) is 1. The van der Waals surface area contributed by atoms with Crippen LogP contribution in [-0.2, 0) is 4.79 Å². The van der Waals surface area contributed by atoms with Gasteiger partial charge in [-0.2, -0.15) is 0 Å². The minimum Gasteiger partial charge on any atom is -0.354 e. The van der Waals surface area contributed by atoms with Crippen LogP contribution >= 0.6 is 0 Å². The van der Waals surface area contributed by atoms with E-state index in [9.17, 15) is 9.59 Å². The fraction of sp³-hybridized carbons (Fsp3) is 0.545. The van der Waals surface area contributed by atoms with Crippen LogP contribution in [0.5, 0.6) is 0 Å². The number of aromatic nitrogens is 1. The van der Waals surface area contributed by atoms with Crippen LogP contribution < -0.4 is 10.2 Å². The smallest absolute Gasteiger partial charge is 0.252 e. The number of fused-ring (bicyclic) bond motifs is 1. The maximum absolute atomic E-state index is 12.7. The minimum atomic E-state index is 0.0116. The number of nitrogens with one attached hydrogen (secondary N) is 1. The molecule has 1 saturated carbocycles. The molecule has 2 aromatic rings. The van der Waals surface area contributed by atoms with Crippen LogP contribution in [0.2, 0.25) is 0 Å². The predicted octanol–water partition coefficient (Wildman–Crippen LogP) is 1.82. The number of anilines is 1. The highest BCUT2D eigenvalue weighted by molar-refractivity contribution is 5.94. The average molecular weight is 398 g/mol. The number of carbonyl (C=O) groups is 2. The second-order valence-corrected chi connectivity index (χ2v) is 8.46. The van der Waals surface area contributed by atoms with E-state index >= 15 is 0 Å². The predicted molar refractivity (Wildman–Crippen MR) is 114 cm³/mol. The number of piperazine rings is 1. The van der Waals surface area contributed by atoms with Gasteiger partial charge in [0.05, 0.1) is 12.1 Å². The first-order valence-electron chi connectivity index (χ1n) is 10.6. The molecule has 3 heterocycles. The molecule has 4 rings (SSSR count). The monoisotopic (exact) mass is 397 g/mol. The van der Waals surface area contributed by atoms with E-state index in [0.717, 1.165) is 50.4 Å². The molecule has 7 nitrogen and oxygen atoms in total. The Kier molecular flexibility index (Phi) is 5.76. The van der Waals surface area contributed by atoms with Gasteiger partial charge >= 0.3 is 0 Å². The molecule has 1 N–H and O–H groups in total. The van der Waals surface area contributed by atoms with E-state index in [2.05, 4.69) is 26.8 Å². The van der Waals surface area contributed by atoms with E-state index in [1.54, 1.807) is 0 Å². The third kappa shape index (κ3) is 4.40. The topological polar surface area (TPSA) is 60.3 Å². The number of pyridine rings is 1. The first-order valence-corrected chi connectivity index (χ1v) is 10.6. The van der Waals surface area contributed by atoms with Gasteiger partial charge in [-0.25, -0.2) is 0 Å². The highest BCUT2D eigenvalue weighted by Crippen LogP contribution is 2.23. The number of amides is 2. The molecule has 1 aliphatic heterocycles. The molecule has 0 aromatic carbocycles. The van der Waals surface area contributed by atoms with E-state index in [1.807, 2.05) is 42.2 Å². The summed E-state index contributed by atoms with van der Waals surface area (Å²) in [4.78, 5) is 31.1. The van der Waals surface area contributed by atoms with E-state index in [0.29, 0.717) is 18.2 Å². The fourth-order valence-corrected chi connectivity index (χ4v) is 4.37. The van der Waals surface area contributed by atoms with Crippen molar-refractivity contribution in [3.63, 3.8) is 0 Å². The molecule has 2 amide bonds. The van der Waals surface area contributed by atoms with Crippen molar-refractivity contribution in [1.82, 2.24) is 19.5 Å². The zero-order valence-electron chi connectivity index (χ0n) is 17.4. The van der Waals surface area contributed by atoms with Gasteiger partial charge in [0.15, 0.2) is 0 Å². The molecule has 0 unspecified atom stereocenters. The highest BCUT2D eigenvalue weighted by Gasteiger charge is 2.23. The quantitative estimate of drug-likeness (QED) is 0.836. The molecule has 7 heteroatoms. The van der Waals surface area contributed by atoms with Crippen LogP contribution in [0.25, 0.3) is 5.52 Å². The number of nitrogens with zero attached hydrogens (tertiary/aromatic N) is 4. The van der Waals surface area contributed by atoms with Crippen LogP contribution in [0.4, 0.5) is 5.82 Å². The summed E-state index contributed by atoms with van der Waals surface area (Å²) in [7, 11) is 3.84. The molecule has 0 bridgehead atoms. The third-order valence-electron chi connectivity index (χ3n) is 5.99. The normalized spacial score (nSPS) is 18.0. The first kappa shape index (κ1) is 19.8. The minimum absolute atomic E-state index is 0.0116. The maximum atomic E-state index is 12.7. The lowest BCUT2D eigenvalue weighted by Gasteiger charge is -2.36. The van der Waals surface area contributed by atoms with Crippen molar-refractivity contribution in [3.05, 3.63) is 36.0 Å². The molecule has 2 aliphatic rings. The Morgan fingerprint density at radius 1 is 1.03 bits per heavy atom. The second kappa shape index (κ2) is 8.45. The van der Waals surface area contributed by atoms with E-state index in [4.69, 9.17) is 0 Å². The summed E-state index contributed by atoms with van der Waals surface area (Å²) in [6, 6.07) is 8.41. The largest absolute Gasteiger partial charge is 0.354 e. The number of rotatable bonds is 5. The van der Waals surface area contributed by atoms with E-state index < -0.39 is 0 Å². The van der Waals surface area contributed by atoms with Crippen LogP contribution in [0.3, 0.4) is 0 Å². The van der Waals surface area contributed by atoms with Crippen molar-refractivity contribution in [2.75, 3.05) is 51.7 Å². The Labute approximate surface area is 172 Å². The number of hydrogen-bond donors (Lipinski definition) is 1. The third-order valence-corrected chi connectivity index (χ3v) is 5.99. The summed E-state index contributed by atoms with van der Waals surface area (Å²) in [6.07, 6.45) is 6.52. The molecular formula is C22H31N5O2. The molecule has 1 aliphatic carbocycles. The zero-order chi connectivity index (χ0) is 20.4. The first-order chi connectivity index (χ1) is 14.0. The summed E-state index contributed by atoms with van der Waals surface area (Å²) in [5.74, 6) is 1.27. The summed E-state index contributed by atoms with van der Waals surface area (Å²) in [6.45, 7) is 3.49. The van der Waals surface area contributed by atoms with Gasteiger partial charge in [-0.3, -0.25) is 9.59 Å². The van der Waals surface area contributed by atoms with Crippen molar-refractivity contribution in [2.45, 2.75) is 31.7 Å². The van der Waals surface area contributed by atoms with Gasteiger partial charge in [-0.05, 0) is 51.2 Å². The molecule has 0 spiro atoms. The van der Waals surface area contributed by atoms with Gasteiger partial charge in [0.1, 0.15) is 5.82 Å². The number of carbonyl (C=O) groups excluding carboxylic acids is 2. The summed E-state index contributed by atoms with van der Waals surface area (Å²) >= 11 is 0. The summed E-state index contributed by atoms with van der Waals surface area (Å²) < 4.78 is 2.10. The summed E-state index contributed by atoms with van der Waals surface area (Å²) in [5, 5.41) is 3.17. The maximum Gasteiger partial charge on any atom is 0.252 e. The van der Waals surface area contributed by atoms with Crippen molar-refractivity contribution >= 4 is 23.1 Å². The standard InChI is InChI=1S/C22H31N5O2/c1-24(2)16-21(28)26-13-11-25(12-14-26)20-10-9-19-8-7-17(15-27(19)20)22(29)23-18-5-3-4-6-18/h7-10,15,18H,3-6,11-14,16H2,1-2H3,(H,23,29). The number of hydrogen-bond acceptors (Lipinski definition) is 4. The average Bonchev–Trinajstić information content (AvgIpc) is 3.36. The zero-order valence-corrected chi connectivity index (χ0v) is 17.4. The molecule has 1 saturated heterocycles. The molecule has 2 fully saturated rings. The Bertz CT molecular complexity index is 876. The van der Waals surface area contributed by atoms with Crippen LogP contribution in [0.15, 0.2) is 30.5 Å². The van der Waals surface area contributed by atoms with Crippen molar-refractivity contribution in [1.29, 1.82) is 0 Å². The lowest BCUT2D eigenvalue weighted by atomic mass is 10.2. The van der Waals surface area contributed by atoms with Gasteiger partial charge in [0, 0.05) is 43.9 Å². The molecule has 2 aromatic heterocycles. The molecule has 29 heavy (non-hydrogen) atoms. The summed E-state index contributed by atoms with van der Waals surface area (Å²) in [5.41, 5.74) is 1.77. The Morgan fingerprint density at radius 2 is 1.72 bits per heavy atom. The fourth-order valence-electron chi connectivity index (χ4n) is 4.37. The molecular weight excluding hydrogens is 366 g/mol.